The number of nitrogens with one attached hydrogen (secondary N) is 2. The molecular weight excluding hydrogens is 428 g/mol. The lowest BCUT2D eigenvalue weighted by atomic mass is 9.93. The molecule has 1 fully saturated rings. The van der Waals surface area contributed by atoms with Crippen LogP contribution in [-0.2, 0) is 0 Å². The Morgan fingerprint density at radius 3 is 2.79 bits per heavy atom. The second-order valence-corrected chi connectivity index (χ2v) is 8.68. The molecule has 6 rings (SSSR count). The Morgan fingerprint density at radius 2 is 1.85 bits per heavy atom. The van der Waals surface area contributed by atoms with Gasteiger partial charge in [0, 0.05) is 24.1 Å². The molecule has 4 aromatic heterocycles. The zero-order chi connectivity index (χ0) is 22.9. The van der Waals surface area contributed by atoms with Gasteiger partial charge in [-0.15, -0.1) is 0 Å². The van der Waals surface area contributed by atoms with Crippen molar-refractivity contribution in [2.45, 2.75) is 32.1 Å². The maximum Gasteiger partial charge on any atom is 0.158 e. The molecule has 2 N–H and O–H groups in total. The van der Waals surface area contributed by atoms with Crippen molar-refractivity contribution in [3.8, 4) is 11.5 Å². The Morgan fingerprint density at radius 1 is 0.971 bits per heavy atom. The predicted molar refractivity (Wildman–Crippen MR) is 130 cm³/mol. The number of hydrogen-bond acceptors (Lipinski definition) is 7. The van der Waals surface area contributed by atoms with E-state index in [-0.39, 0.29) is 0 Å². The van der Waals surface area contributed by atoms with Crippen molar-refractivity contribution in [1.29, 1.82) is 0 Å². The van der Waals surface area contributed by atoms with E-state index in [0.717, 1.165) is 59.2 Å². The first kappa shape index (κ1) is 20.6. The van der Waals surface area contributed by atoms with Gasteiger partial charge in [-0.25, -0.2) is 19.0 Å². The summed E-state index contributed by atoms with van der Waals surface area (Å²) in [5.41, 5.74) is 5.07. The molecule has 0 bridgehead atoms. The standard InChI is InChI=1S/C25H26N8O/c1-17-13-19(4-5-22(17)34-20-7-11-32-23(14-20)27-15-29-32)31-25-24-21(8-12-33(24)30-16-28-25)18-3-2-9-26-10-6-18/h4-5,7-8,11-16,18,26H,2-3,6,9-10H2,1H3,(H,28,30,31). The molecular formula is C25H26N8O. The molecule has 34 heavy (non-hydrogen) atoms. The molecule has 5 aromatic rings. The molecule has 1 aromatic carbocycles. The van der Waals surface area contributed by atoms with Gasteiger partial charge in [0.25, 0.3) is 0 Å². The number of rotatable bonds is 5. The van der Waals surface area contributed by atoms with E-state index in [0.29, 0.717) is 5.92 Å². The molecule has 1 atom stereocenters. The van der Waals surface area contributed by atoms with Gasteiger partial charge in [0.2, 0.25) is 0 Å². The lowest BCUT2D eigenvalue weighted by Crippen LogP contribution is -2.13. The molecule has 9 heteroatoms. The summed E-state index contributed by atoms with van der Waals surface area (Å²) in [6.45, 7) is 4.17. The normalized spacial score (nSPS) is 16.6. The highest BCUT2D eigenvalue weighted by Gasteiger charge is 2.20. The number of aryl methyl sites for hydroxylation is 1. The number of anilines is 2. The van der Waals surface area contributed by atoms with E-state index >= 15 is 0 Å². The molecule has 1 saturated heterocycles. The monoisotopic (exact) mass is 454 g/mol. The number of hydrogen-bond donors (Lipinski definition) is 2. The largest absolute Gasteiger partial charge is 0.457 e. The van der Waals surface area contributed by atoms with Crippen LogP contribution in [0.25, 0.3) is 11.2 Å². The first-order valence-corrected chi connectivity index (χ1v) is 11.6. The quantitative estimate of drug-likeness (QED) is 0.405. The van der Waals surface area contributed by atoms with Crippen molar-refractivity contribution >= 4 is 22.7 Å². The summed E-state index contributed by atoms with van der Waals surface area (Å²) in [5.74, 6) is 2.83. The van der Waals surface area contributed by atoms with E-state index in [1.54, 1.807) is 10.8 Å². The Balaban J connectivity index is 1.27. The van der Waals surface area contributed by atoms with Crippen molar-refractivity contribution < 1.29 is 4.74 Å². The van der Waals surface area contributed by atoms with Gasteiger partial charge in [-0.2, -0.15) is 10.2 Å². The summed E-state index contributed by atoms with van der Waals surface area (Å²) in [5, 5.41) is 15.6. The van der Waals surface area contributed by atoms with E-state index in [9.17, 15) is 0 Å². The van der Waals surface area contributed by atoms with Crippen LogP contribution in [0.4, 0.5) is 11.5 Å². The summed E-state index contributed by atoms with van der Waals surface area (Å²) in [7, 11) is 0. The summed E-state index contributed by atoms with van der Waals surface area (Å²) in [6.07, 6.45) is 10.5. The first-order valence-electron chi connectivity index (χ1n) is 11.6. The molecule has 0 amide bonds. The van der Waals surface area contributed by atoms with Gasteiger partial charge >= 0.3 is 0 Å². The minimum absolute atomic E-state index is 0.506. The Hall–Kier alpha value is -3.98. The zero-order valence-corrected chi connectivity index (χ0v) is 19.0. The fourth-order valence-electron chi connectivity index (χ4n) is 4.69. The number of benzene rings is 1. The van der Waals surface area contributed by atoms with Crippen molar-refractivity contribution in [3.63, 3.8) is 0 Å². The van der Waals surface area contributed by atoms with Crippen LogP contribution in [0.2, 0.25) is 0 Å². The van der Waals surface area contributed by atoms with Crippen LogP contribution in [0.5, 0.6) is 11.5 Å². The van der Waals surface area contributed by atoms with E-state index < -0.39 is 0 Å². The molecule has 1 unspecified atom stereocenters. The minimum Gasteiger partial charge on any atom is -0.457 e. The van der Waals surface area contributed by atoms with Gasteiger partial charge in [0.15, 0.2) is 11.5 Å². The highest BCUT2D eigenvalue weighted by Crippen LogP contribution is 2.34. The summed E-state index contributed by atoms with van der Waals surface area (Å²) in [6, 6.07) is 12.0. The van der Waals surface area contributed by atoms with Gasteiger partial charge in [-0.3, -0.25) is 0 Å². The zero-order valence-electron chi connectivity index (χ0n) is 19.0. The minimum atomic E-state index is 0.506. The average molecular weight is 455 g/mol. The van der Waals surface area contributed by atoms with Crippen LogP contribution in [0.15, 0.2) is 61.4 Å². The molecule has 0 radical (unpaired) electrons. The molecule has 0 saturated carbocycles. The summed E-state index contributed by atoms with van der Waals surface area (Å²) in [4.78, 5) is 8.81. The molecule has 172 valence electrons. The maximum atomic E-state index is 6.12. The third kappa shape index (κ3) is 3.94. The second kappa shape index (κ2) is 8.75. The van der Waals surface area contributed by atoms with Gasteiger partial charge in [-0.1, -0.05) is 0 Å². The summed E-state index contributed by atoms with van der Waals surface area (Å²) < 4.78 is 9.74. The smallest absolute Gasteiger partial charge is 0.158 e. The second-order valence-electron chi connectivity index (χ2n) is 8.68. The molecule has 1 aliphatic heterocycles. The van der Waals surface area contributed by atoms with E-state index in [4.69, 9.17) is 4.74 Å². The van der Waals surface area contributed by atoms with Gasteiger partial charge in [-0.05, 0) is 86.7 Å². The Bertz CT molecular complexity index is 1450. The molecule has 9 nitrogen and oxygen atoms in total. The number of aromatic nitrogens is 6. The van der Waals surface area contributed by atoms with Crippen molar-refractivity contribution in [2.75, 3.05) is 18.4 Å². The van der Waals surface area contributed by atoms with Crippen LogP contribution in [-0.4, -0.2) is 42.3 Å². The van der Waals surface area contributed by atoms with Crippen molar-refractivity contribution in [2.24, 2.45) is 0 Å². The fourth-order valence-corrected chi connectivity index (χ4v) is 4.69. The number of fused-ring (bicyclic) bond motifs is 2. The van der Waals surface area contributed by atoms with Crippen LogP contribution in [0.3, 0.4) is 0 Å². The van der Waals surface area contributed by atoms with Crippen LogP contribution in [0.1, 0.15) is 36.3 Å². The molecule has 1 aliphatic rings. The van der Waals surface area contributed by atoms with Crippen LogP contribution in [0, 0.1) is 6.92 Å². The number of ether oxygens (including phenoxy) is 1. The van der Waals surface area contributed by atoms with Gasteiger partial charge < -0.3 is 15.4 Å². The van der Waals surface area contributed by atoms with E-state index in [2.05, 4.69) is 42.9 Å². The average Bonchev–Trinajstić information content (AvgIpc) is 3.41. The fraction of sp³-hybridized carbons (Fsp3) is 0.280. The van der Waals surface area contributed by atoms with Crippen molar-refractivity contribution in [3.05, 3.63) is 72.6 Å². The SMILES string of the molecule is Cc1cc(Nc2ncnn3ccc(C4CCCNCC4)c23)ccc1Oc1ccn2ncnc2c1. The van der Waals surface area contributed by atoms with Gasteiger partial charge in [0.05, 0.1) is 0 Å². The van der Waals surface area contributed by atoms with Crippen LogP contribution < -0.4 is 15.4 Å². The third-order valence-corrected chi connectivity index (χ3v) is 6.42. The number of pyridine rings is 1. The van der Waals surface area contributed by atoms with E-state index in [1.807, 2.05) is 48.1 Å². The van der Waals surface area contributed by atoms with Gasteiger partial charge in [0.1, 0.15) is 29.7 Å². The third-order valence-electron chi connectivity index (χ3n) is 6.42. The lowest BCUT2D eigenvalue weighted by molar-refractivity contribution is 0.478. The number of nitrogens with zero attached hydrogens (tertiary/aromatic N) is 6. The highest BCUT2D eigenvalue weighted by atomic mass is 16.5. The predicted octanol–water partition coefficient (Wildman–Crippen LogP) is 4.47. The van der Waals surface area contributed by atoms with E-state index in [1.165, 1.54) is 24.7 Å². The highest BCUT2D eigenvalue weighted by molar-refractivity contribution is 5.77. The Kier molecular flexibility index (Phi) is 5.31. The van der Waals surface area contributed by atoms with Crippen molar-refractivity contribution in [1.82, 2.24) is 34.5 Å². The maximum absolute atomic E-state index is 6.12. The molecule has 5 heterocycles. The van der Waals surface area contributed by atoms with Crippen LogP contribution >= 0.6 is 0 Å². The lowest BCUT2D eigenvalue weighted by Gasteiger charge is -2.16. The Labute approximate surface area is 196 Å². The first-order chi connectivity index (χ1) is 16.7. The topological polar surface area (TPSA) is 93.7 Å². The summed E-state index contributed by atoms with van der Waals surface area (Å²) >= 11 is 0. The molecule has 0 aliphatic carbocycles. The molecule has 0 spiro atoms.